The molecule has 1 N–H and O–H groups in total. The second-order valence-corrected chi connectivity index (χ2v) is 4.44. The van der Waals surface area contributed by atoms with E-state index in [0.29, 0.717) is 5.56 Å². The van der Waals surface area contributed by atoms with Gasteiger partial charge in [0.2, 0.25) is 5.90 Å². The smallest absolute Gasteiger partial charge is 0.367 e. The zero-order valence-corrected chi connectivity index (χ0v) is 10.6. The monoisotopic (exact) mass is 249 g/mol. The highest BCUT2D eigenvalue weighted by molar-refractivity contribution is 7.76. The molecule has 88 valence electrons. The highest BCUT2D eigenvalue weighted by Gasteiger charge is 2.19. The Kier molecular flexibility index (Phi) is 3.92. The SMILES string of the molecule is CC(C)(C#N)c1ccc(C(=N)OC(=O)[SH2+])cc1. The second-order valence-electron chi connectivity index (χ2n) is 4.03. The Labute approximate surface area is 105 Å². The Balaban J connectivity index is 2.93. The number of carbonyl (C=O) groups excluding carboxylic acids is 1. The number of carbonyl (C=O) groups is 1. The predicted molar refractivity (Wildman–Crippen MR) is 68.5 cm³/mol. The highest BCUT2D eigenvalue weighted by atomic mass is 32.1. The first kappa shape index (κ1) is 13.3. The highest BCUT2D eigenvalue weighted by Crippen LogP contribution is 2.22. The molecule has 0 atom stereocenters. The number of ether oxygens (including phenoxy) is 1. The first-order valence-corrected chi connectivity index (χ1v) is 5.41. The summed E-state index contributed by atoms with van der Waals surface area (Å²) in [7, 11) is 0. The number of benzene rings is 1. The Morgan fingerprint density at radius 3 is 2.35 bits per heavy atom. The van der Waals surface area contributed by atoms with Gasteiger partial charge >= 0.3 is 5.30 Å². The minimum Gasteiger partial charge on any atom is -0.367 e. The van der Waals surface area contributed by atoms with Crippen molar-refractivity contribution in [3.8, 4) is 6.07 Å². The number of hydrogen-bond donors (Lipinski definition) is 1. The number of nitriles is 1. The summed E-state index contributed by atoms with van der Waals surface area (Å²) >= 11 is 2.63. The summed E-state index contributed by atoms with van der Waals surface area (Å²) in [6.07, 6.45) is 0. The van der Waals surface area contributed by atoms with Gasteiger partial charge in [0.25, 0.3) is 0 Å². The van der Waals surface area contributed by atoms with Crippen LogP contribution in [-0.4, -0.2) is 11.2 Å². The summed E-state index contributed by atoms with van der Waals surface area (Å²) in [5.41, 5.74) is 0.752. The van der Waals surface area contributed by atoms with E-state index < -0.39 is 10.7 Å². The van der Waals surface area contributed by atoms with E-state index >= 15 is 0 Å². The van der Waals surface area contributed by atoms with E-state index in [1.165, 1.54) is 0 Å². The summed E-state index contributed by atoms with van der Waals surface area (Å²) in [5.74, 6) is -0.230. The van der Waals surface area contributed by atoms with Crippen molar-refractivity contribution >= 4 is 23.8 Å². The number of hydrogen-bond acceptors (Lipinski definition) is 4. The van der Waals surface area contributed by atoms with Crippen LogP contribution in [0.4, 0.5) is 4.79 Å². The van der Waals surface area contributed by atoms with Crippen molar-refractivity contribution in [1.82, 2.24) is 0 Å². The molecular weight excluding hydrogens is 236 g/mol. The molecule has 0 unspecified atom stereocenters. The van der Waals surface area contributed by atoms with Crippen LogP contribution < -0.4 is 0 Å². The first-order valence-electron chi connectivity index (χ1n) is 4.91. The van der Waals surface area contributed by atoms with Crippen LogP contribution in [0.1, 0.15) is 25.0 Å². The summed E-state index contributed by atoms with van der Waals surface area (Å²) in [5, 5.41) is 15.8. The van der Waals surface area contributed by atoms with Gasteiger partial charge in [0.1, 0.15) is 0 Å². The van der Waals surface area contributed by atoms with Crippen LogP contribution in [0.5, 0.6) is 0 Å². The third-order valence-electron chi connectivity index (χ3n) is 2.34. The largest absolute Gasteiger partial charge is 0.527 e. The number of rotatable bonds is 2. The van der Waals surface area contributed by atoms with Crippen LogP contribution in [-0.2, 0) is 22.8 Å². The van der Waals surface area contributed by atoms with E-state index in [9.17, 15) is 4.79 Å². The lowest BCUT2D eigenvalue weighted by atomic mass is 9.86. The molecule has 0 aromatic heterocycles. The van der Waals surface area contributed by atoms with Gasteiger partial charge in [-0.05, 0) is 31.5 Å². The van der Waals surface area contributed by atoms with Gasteiger partial charge in [0.15, 0.2) is 0 Å². The van der Waals surface area contributed by atoms with E-state index in [4.69, 9.17) is 10.7 Å². The van der Waals surface area contributed by atoms with E-state index in [-0.39, 0.29) is 5.90 Å². The molecule has 0 aliphatic heterocycles. The summed E-state index contributed by atoms with van der Waals surface area (Å²) in [4.78, 5) is 10.6. The maximum atomic E-state index is 10.6. The van der Waals surface area contributed by atoms with Crippen LogP contribution in [0.2, 0.25) is 0 Å². The van der Waals surface area contributed by atoms with E-state index in [1.54, 1.807) is 24.3 Å². The molecular formula is C12H13N2O2S+. The quantitative estimate of drug-likeness (QED) is 0.377. The minimum absolute atomic E-state index is 0.230. The van der Waals surface area contributed by atoms with Gasteiger partial charge in [-0.2, -0.15) is 10.1 Å². The third kappa shape index (κ3) is 3.33. The minimum atomic E-state index is -0.712. The number of nitrogens with one attached hydrogen (secondary N) is 1. The first-order chi connectivity index (χ1) is 7.86. The Bertz CT molecular complexity index is 486. The van der Waals surface area contributed by atoms with E-state index in [2.05, 4.69) is 23.4 Å². The van der Waals surface area contributed by atoms with Gasteiger partial charge in [0.05, 0.1) is 24.1 Å². The fourth-order valence-electron chi connectivity index (χ4n) is 1.25. The summed E-state index contributed by atoms with van der Waals surface area (Å²) < 4.78 is 4.58. The van der Waals surface area contributed by atoms with Crippen LogP contribution in [0.25, 0.3) is 0 Å². The Hall–Kier alpha value is -1.80. The molecule has 1 aromatic rings. The van der Waals surface area contributed by atoms with Crippen molar-refractivity contribution in [2.24, 2.45) is 0 Å². The molecule has 4 nitrogen and oxygen atoms in total. The Morgan fingerprint density at radius 1 is 1.41 bits per heavy atom. The van der Waals surface area contributed by atoms with E-state index in [0.717, 1.165) is 5.56 Å². The van der Waals surface area contributed by atoms with Crippen LogP contribution in [0.15, 0.2) is 24.3 Å². The van der Waals surface area contributed by atoms with Crippen LogP contribution in [0, 0.1) is 16.7 Å². The molecule has 0 aliphatic rings. The summed E-state index contributed by atoms with van der Waals surface area (Å²) in [6.45, 7) is 3.62. The average Bonchev–Trinajstić information content (AvgIpc) is 2.28. The zero-order valence-electron chi connectivity index (χ0n) is 9.57. The van der Waals surface area contributed by atoms with Crippen LogP contribution >= 0.6 is 0 Å². The molecule has 1 rings (SSSR count). The maximum Gasteiger partial charge on any atom is 0.527 e. The van der Waals surface area contributed by atoms with Crippen molar-refractivity contribution in [3.63, 3.8) is 0 Å². The van der Waals surface area contributed by atoms with Gasteiger partial charge in [-0.3, -0.25) is 5.41 Å². The predicted octanol–water partition coefficient (Wildman–Crippen LogP) is 1.96. The van der Waals surface area contributed by atoms with Crippen molar-refractivity contribution < 1.29 is 9.53 Å². The van der Waals surface area contributed by atoms with E-state index in [1.807, 2.05) is 13.8 Å². The van der Waals surface area contributed by atoms with Gasteiger partial charge < -0.3 is 4.74 Å². The molecule has 0 aliphatic carbocycles. The van der Waals surface area contributed by atoms with Crippen LogP contribution in [0.3, 0.4) is 0 Å². The van der Waals surface area contributed by atoms with Gasteiger partial charge in [-0.1, -0.05) is 12.1 Å². The molecule has 0 heterocycles. The Morgan fingerprint density at radius 2 is 1.94 bits per heavy atom. The molecule has 0 radical (unpaired) electrons. The standard InChI is InChI=1S/C12H12N2O2S/c1-12(2,7-13)9-5-3-8(4-6-9)10(14)16-11(15)17/h3-6,14H,1-2H3,(H,15,17)/p+1. The third-order valence-corrected chi connectivity index (χ3v) is 2.45. The average molecular weight is 249 g/mol. The van der Waals surface area contributed by atoms with Crippen molar-refractivity contribution in [2.75, 3.05) is 0 Å². The maximum absolute atomic E-state index is 10.6. The normalized spacial score (nSPS) is 10.5. The fourth-order valence-corrected chi connectivity index (χ4v) is 1.36. The second kappa shape index (κ2) is 5.02. The van der Waals surface area contributed by atoms with Crippen molar-refractivity contribution in [1.29, 1.82) is 10.7 Å². The summed E-state index contributed by atoms with van der Waals surface area (Å²) in [6, 6.07) is 8.97. The van der Waals surface area contributed by atoms with Gasteiger partial charge in [-0.15, -0.1) is 0 Å². The molecule has 5 heteroatoms. The lowest BCUT2D eigenvalue weighted by Gasteiger charge is -2.15. The number of nitrogens with zero attached hydrogens (tertiary/aromatic N) is 1. The molecule has 0 fully saturated rings. The molecule has 0 spiro atoms. The topological polar surface area (TPSA) is 73.9 Å². The molecule has 0 saturated carbocycles. The van der Waals surface area contributed by atoms with Gasteiger partial charge in [0, 0.05) is 5.56 Å². The molecule has 0 saturated heterocycles. The molecule has 0 amide bonds. The zero-order chi connectivity index (χ0) is 13.1. The lowest BCUT2D eigenvalue weighted by Crippen LogP contribution is -2.14. The molecule has 0 bridgehead atoms. The lowest BCUT2D eigenvalue weighted by molar-refractivity contribution is 0.224. The van der Waals surface area contributed by atoms with Crippen molar-refractivity contribution in [2.45, 2.75) is 19.3 Å². The molecule has 1 aromatic carbocycles. The fraction of sp³-hybridized carbons (Fsp3) is 0.250. The van der Waals surface area contributed by atoms with Gasteiger partial charge in [-0.25, -0.2) is 0 Å². The molecule has 17 heavy (non-hydrogen) atoms. The van der Waals surface area contributed by atoms with Crippen molar-refractivity contribution in [3.05, 3.63) is 35.4 Å².